The molecule has 0 spiro atoms. The van der Waals surface area contributed by atoms with Gasteiger partial charge in [-0.3, -0.25) is 19.7 Å². The molecule has 0 radical (unpaired) electrons. The zero-order chi connectivity index (χ0) is 13.0. The van der Waals surface area contributed by atoms with Gasteiger partial charge in [0.2, 0.25) is 16.9 Å². The van der Waals surface area contributed by atoms with Crippen LogP contribution in [0.5, 0.6) is 0 Å². The van der Waals surface area contributed by atoms with Crippen molar-refractivity contribution in [2.24, 2.45) is 5.92 Å². The van der Waals surface area contributed by atoms with Crippen LogP contribution in [0.4, 0.5) is 5.13 Å². The van der Waals surface area contributed by atoms with E-state index in [2.05, 4.69) is 20.8 Å². The Morgan fingerprint density at radius 3 is 2.47 bits per heavy atom. The van der Waals surface area contributed by atoms with E-state index < -0.39 is 11.9 Å². The topological polar surface area (TPSA) is 104 Å². The van der Waals surface area contributed by atoms with Crippen LogP contribution in [0.1, 0.15) is 20.8 Å². The van der Waals surface area contributed by atoms with Gasteiger partial charge < -0.3 is 5.32 Å². The summed E-state index contributed by atoms with van der Waals surface area (Å²) in [5.41, 5.74) is 0. The van der Waals surface area contributed by atoms with Crippen LogP contribution in [-0.2, 0) is 9.59 Å². The summed E-state index contributed by atoms with van der Waals surface area (Å²) in [5.74, 6) is -0.735. The molecule has 1 aromatic rings. The highest BCUT2D eigenvalue weighted by Gasteiger charge is 2.23. The molecule has 0 aliphatic carbocycles. The molecule has 0 aromatic carbocycles. The summed E-state index contributed by atoms with van der Waals surface area (Å²) in [6, 6.07) is -0.647. The van der Waals surface area contributed by atoms with Gasteiger partial charge in [0.1, 0.15) is 6.04 Å². The Balaban J connectivity index is 2.71. The molecular weight excluding hydrogens is 244 g/mol. The average molecular weight is 258 g/mol. The third-order valence-corrected chi connectivity index (χ3v) is 2.64. The number of carbonyl (C=O) groups is 2. The lowest BCUT2D eigenvalue weighted by atomic mass is 10.0. The van der Waals surface area contributed by atoms with E-state index in [1.807, 2.05) is 13.8 Å². The second-order valence-corrected chi connectivity index (χ2v) is 4.79. The minimum atomic E-state index is -0.647. The Hall–Kier alpha value is -1.70. The molecule has 0 saturated heterocycles. The highest BCUT2D eigenvalue weighted by atomic mass is 32.1. The Labute approximate surface area is 102 Å². The number of aromatic amines is 1. The number of carbonyl (C=O) groups excluding carboxylic acids is 2. The van der Waals surface area contributed by atoms with E-state index in [-0.39, 0.29) is 21.8 Å². The predicted molar refractivity (Wildman–Crippen MR) is 63.8 cm³/mol. The largest absolute Gasteiger partial charge is 0.344 e. The van der Waals surface area contributed by atoms with Crippen molar-refractivity contribution < 1.29 is 9.59 Å². The maximum absolute atomic E-state index is 11.8. The summed E-state index contributed by atoms with van der Waals surface area (Å²) >= 11 is 0.797. The second kappa shape index (κ2) is 5.58. The molecule has 0 saturated carbocycles. The van der Waals surface area contributed by atoms with E-state index in [0.29, 0.717) is 0 Å². The average Bonchev–Trinajstić information content (AvgIpc) is 2.59. The molecule has 7 nitrogen and oxygen atoms in total. The number of amides is 2. The van der Waals surface area contributed by atoms with Crippen molar-refractivity contribution >= 4 is 28.3 Å². The van der Waals surface area contributed by atoms with Crippen molar-refractivity contribution in [3.8, 4) is 0 Å². The minimum absolute atomic E-state index is 0.0606. The molecule has 0 aliphatic heterocycles. The van der Waals surface area contributed by atoms with Crippen molar-refractivity contribution in [1.29, 1.82) is 0 Å². The monoisotopic (exact) mass is 258 g/mol. The molecule has 94 valence electrons. The normalized spacial score (nSPS) is 12.2. The van der Waals surface area contributed by atoms with Crippen LogP contribution in [0, 0.1) is 5.92 Å². The fourth-order valence-corrected chi connectivity index (χ4v) is 1.73. The third-order valence-electron chi connectivity index (χ3n) is 1.98. The highest BCUT2D eigenvalue weighted by molar-refractivity contribution is 7.13. The number of hydrogen-bond donors (Lipinski definition) is 3. The van der Waals surface area contributed by atoms with Crippen LogP contribution in [0.2, 0.25) is 0 Å². The van der Waals surface area contributed by atoms with Crippen molar-refractivity contribution in [3.63, 3.8) is 0 Å². The molecule has 17 heavy (non-hydrogen) atoms. The number of anilines is 1. The minimum Gasteiger partial charge on any atom is -0.344 e. The van der Waals surface area contributed by atoms with Gasteiger partial charge in [-0.1, -0.05) is 13.8 Å². The molecule has 0 aliphatic rings. The number of H-pyrrole nitrogens is 1. The first-order valence-corrected chi connectivity index (χ1v) is 5.85. The molecule has 1 aromatic heterocycles. The van der Waals surface area contributed by atoms with Crippen LogP contribution in [-0.4, -0.2) is 28.1 Å². The molecule has 1 atom stereocenters. The maximum Gasteiger partial charge on any atom is 0.324 e. The Kier molecular flexibility index (Phi) is 4.38. The zero-order valence-corrected chi connectivity index (χ0v) is 10.6. The number of nitrogens with zero attached hydrogens (tertiary/aromatic N) is 1. The van der Waals surface area contributed by atoms with Crippen molar-refractivity contribution in [2.45, 2.75) is 26.8 Å². The summed E-state index contributed by atoms with van der Waals surface area (Å²) in [6.07, 6.45) is 0. The second-order valence-electron chi connectivity index (χ2n) is 3.83. The standard InChI is InChI=1S/C9H14N4O3S/c1-4(2)6(10-5(3)14)7(15)11-8-12-13-9(16)17-8/h4,6H,1-3H3,(H,10,14)(H,13,16)(H,11,12,15). The number of nitrogens with one attached hydrogen (secondary N) is 3. The van der Waals surface area contributed by atoms with Gasteiger partial charge in [-0.05, 0) is 17.3 Å². The first-order valence-electron chi connectivity index (χ1n) is 5.03. The van der Waals surface area contributed by atoms with E-state index in [4.69, 9.17) is 0 Å². The SMILES string of the molecule is CC(=O)NC(C(=O)Nc1n[nH]c(=O)s1)C(C)C. The molecule has 2 amide bonds. The third kappa shape index (κ3) is 3.99. The van der Waals surface area contributed by atoms with Crippen LogP contribution >= 0.6 is 11.3 Å². The summed E-state index contributed by atoms with van der Waals surface area (Å²) in [6.45, 7) is 4.97. The van der Waals surface area contributed by atoms with Crippen molar-refractivity contribution in [3.05, 3.63) is 9.67 Å². The highest BCUT2D eigenvalue weighted by Crippen LogP contribution is 2.08. The van der Waals surface area contributed by atoms with Gasteiger partial charge >= 0.3 is 4.87 Å². The van der Waals surface area contributed by atoms with Crippen LogP contribution in [0.3, 0.4) is 0 Å². The smallest absolute Gasteiger partial charge is 0.324 e. The first kappa shape index (κ1) is 13.4. The van der Waals surface area contributed by atoms with E-state index in [0.717, 1.165) is 11.3 Å². The molecule has 0 bridgehead atoms. The first-order chi connectivity index (χ1) is 7.90. The number of hydrogen-bond acceptors (Lipinski definition) is 5. The van der Waals surface area contributed by atoms with Crippen LogP contribution in [0.25, 0.3) is 0 Å². The Bertz CT molecular complexity index is 465. The summed E-state index contributed by atoms with van der Waals surface area (Å²) < 4.78 is 0. The lowest BCUT2D eigenvalue weighted by molar-refractivity contribution is -0.126. The van der Waals surface area contributed by atoms with Gasteiger partial charge in [-0.25, -0.2) is 5.10 Å². The molecule has 0 fully saturated rings. The summed E-state index contributed by atoms with van der Waals surface area (Å²) in [7, 11) is 0. The van der Waals surface area contributed by atoms with E-state index in [9.17, 15) is 14.4 Å². The van der Waals surface area contributed by atoms with Crippen LogP contribution in [0.15, 0.2) is 4.79 Å². The van der Waals surface area contributed by atoms with Gasteiger partial charge in [0.25, 0.3) is 0 Å². The maximum atomic E-state index is 11.8. The fraction of sp³-hybridized carbons (Fsp3) is 0.556. The predicted octanol–water partition coefficient (Wildman–Crippen LogP) is -0.0694. The molecule has 3 N–H and O–H groups in total. The lowest BCUT2D eigenvalue weighted by Crippen LogP contribution is -2.46. The molecule has 1 unspecified atom stereocenters. The Morgan fingerprint density at radius 2 is 2.06 bits per heavy atom. The molecular formula is C9H14N4O3S. The molecule has 1 heterocycles. The van der Waals surface area contributed by atoms with Gasteiger partial charge in [0, 0.05) is 6.92 Å². The fourth-order valence-electron chi connectivity index (χ4n) is 1.22. The van der Waals surface area contributed by atoms with E-state index in [1.165, 1.54) is 6.92 Å². The molecule has 8 heteroatoms. The quantitative estimate of drug-likeness (QED) is 0.703. The summed E-state index contributed by atoms with van der Waals surface area (Å²) in [5, 5.41) is 11.0. The summed E-state index contributed by atoms with van der Waals surface area (Å²) in [4.78, 5) is 33.3. The number of rotatable bonds is 4. The molecule has 1 rings (SSSR count). The van der Waals surface area contributed by atoms with Gasteiger partial charge in [-0.2, -0.15) is 0 Å². The lowest BCUT2D eigenvalue weighted by Gasteiger charge is -2.19. The van der Waals surface area contributed by atoms with Gasteiger partial charge in [0.15, 0.2) is 0 Å². The van der Waals surface area contributed by atoms with Gasteiger partial charge in [0.05, 0.1) is 0 Å². The van der Waals surface area contributed by atoms with E-state index in [1.54, 1.807) is 0 Å². The zero-order valence-electron chi connectivity index (χ0n) is 9.73. The van der Waals surface area contributed by atoms with Crippen molar-refractivity contribution in [1.82, 2.24) is 15.5 Å². The number of aromatic nitrogens is 2. The van der Waals surface area contributed by atoms with Gasteiger partial charge in [-0.15, -0.1) is 5.10 Å². The van der Waals surface area contributed by atoms with E-state index >= 15 is 0 Å². The van der Waals surface area contributed by atoms with Crippen LogP contribution < -0.4 is 15.5 Å². The van der Waals surface area contributed by atoms with Crippen molar-refractivity contribution in [2.75, 3.05) is 5.32 Å². The Morgan fingerprint density at radius 1 is 1.41 bits per heavy atom.